The predicted octanol–water partition coefficient (Wildman–Crippen LogP) is 1.49. The number of carbonyl (C=O) groups excluding carboxylic acids is 1. The van der Waals surface area contributed by atoms with Gasteiger partial charge < -0.3 is 20.4 Å². The van der Waals surface area contributed by atoms with Crippen LogP contribution in [0.2, 0.25) is 5.02 Å². The number of nitrogens with zero attached hydrogens (tertiary/aromatic N) is 4. The zero-order chi connectivity index (χ0) is 18.4. The summed E-state index contributed by atoms with van der Waals surface area (Å²) in [6.45, 7) is 3.71. The molecule has 2 saturated heterocycles. The smallest absolute Gasteiger partial charge is 0.241 e. The lowest BCUT2D eigenvalue weighted by molar-refractivity contribution is -0.130. The number of guanidine groups is 1. The number of hydrogen-bond donors (Lipinski definition) is 2. The molecule has 26 heavy (non-hydrogen) atoms. The largest absolute Gasteiger partial charge is 0.353 e. The number of piperidine rings is 1. The number of hydrogen-bond acceptors (Lipinski definition) is 4. The molecule has 8 heteroatoms. The number of amides is 1. The second-order valence-electron chi connectivity index (χ2n) is 6.75. The molecule has 0 spiro atoms. The highest BCUT2D eigenvalue weighted by molar-refractivity contribution is 6.32. The van der Waals surface area contributed by atoms with Gasteiger partial charge in [0.1, 0.15) is 5.82 Å². The van der Waals surface area contributed by atoms with E-state index in [9.17, 15) is 4.79 Å². The van der Waals surface area contributed by atoms with Crippen LogP contribution in [0.15, 0.2) is 23.3 Å². The third-order valence-corrected chi connectivity index (χ3v) is 5.20. The Labute approximate surface area is 159 Å². The highest BCUT2D eigenvalue weighted by atomic mass is 35.5. The van der Waals surface area contributed by atoms with Crippen LogP contribution in [0.25, 0.3) is 0 Å². The average molecular weight is 379 g/mol. The highest BCUT2D eigenvalue weighted by Crippen LogP contribution is 2.25. The van der Waals surface area contributed by atoms with Gasteiger partial charge in [-0.1, -0.05) is 11.6 Å². The number of carbonyl (C=O) groups is 1. The maximum atomic E-state index is 12.3. The van der Waals surface area contributed by atoms with Gasteiger partial charge in [-0.25, -0.2) is 4.98 Å². The summed E-state index contributed by atoms with van der Waals surface area (Å²) in [6, 6.07) is 3.93. The van der Waals surface area contributed by atoms with Gasteiger partial charge in [0.2, 0.25) is 5.91 Å². The van der Waals surface area contributed by atoms with E-state index in [4.69, 9.17) is 11.6 Å². The number of anilines is 1. The first-order valence-corrected chi connectivity index (χ1v) is 9.65. The van der Waals surface area contributed by atoms with Crippen LogP contribution in [0.3, 0.4) is 0 Å². The Bertz CT molecular complexity index is 646. The zero-order valence-electron chi connectivity index (χ0n) is 15.2. The van der Waals surface area contributed by atoms with Gasteiger partial charge >= 0.3 is 0 Å². The molecule has 142 valence electrons. The molecule has 1 aromatic rings. The summed E-state index contributed by atoms with van der Waals surface area (Å²) in [5.74, 6) is 1.62. The van der Waals surface area contributed by atoms with Crippen molar-refractivity contribution >= 4 is 29.3 Å². The van der Waals surface area contributed by atoms with Crippen LogP contribution >= 0.6 is 11.6 Å². The van der Waals surface area contributed by atoms with Crippen LogP contribution in [-0.2, 0) is 4.79 Å². The molecule has 0 aromatic carbocycles. The van der Waals surface area contributed by atoms with E-state index in [0.29, 0.717) is 11.0 Å². The Hall–Kier alpha value is -2.02. The van der Waals surface area contributed by atoms with Crippen LogP contribution in [0, 0.1) is 0 Å². The monoisotopic (exact) mass is 378 g/mol. The molecule has 7 nitrogen and oxygen atoms in total. The van der Waals surface area contributed by atoms with Crippen molar-refractivity contribution in [1.82, 2.24) is 20.5 Å². The lowest BCUT2D eigenvalue weighted by Crippen LogP contribution is -2.49. The molecule has 2 aliphatic rings. The number of aromatic nitrogens is 1. The molecule has 0 bridgehead atoms. The lowest BCUT2D eigenvalue weighted by Gasteiger charge is -2.27. The van der Waals surface area contributed by atoms with E-state index in [0.717, 1.165) is 51.3 Å². The molecule has 2 N–H and O–H groups in total. The first-order chi connectivity index (χ1) is 12.7. The van der Waals surface area contributed by atoms with E-state index in [-0.39, 0.29) is 18.5 Å². The van der Waals surface area contributed by atoms with E-state index < -0.39 is 0 Å². The fourth-order valence-corrected chi connectivity index (χ4v) is 3.72. The van der Waals surface area contributed by atoms with Crippen LogP contribution in [0.4, 0.5) is 5.82 Å². The van der Waals surface area contributed by atoms with E-state index in [1.165, 1.54) is 6.42 Å². The van der Waals surface area contributed by atoms with Gasteiger partial charge in [-0.15, -0.1) is 0 Å². The summed E-state index contributed by atoms with van der Waals surface area (Å²) >= 11 is 6.24. The average Bonchev–Trinajstić information content (AvgIpc) is 3.14. The quantitative estimate of drug-likeness (QED) is 0.613. The Balaban J connectivity index is 1.47. The number of halogens is 1. The van der Waals surface area contributed by atoms with Crippen LogP contribution < -0.4 is 15.5 Å². The number of likely N-dealkylation sites (tertiary alicyclic amines) is 1. The first kappa shape index (κ1) is 18.8. The van der Waals surface area contributed by atoms with Gasteiger partial charge in [0.05, 0.1) is 11.6 Å². The summed E-state index contributed by atoms with van der Waals surface area (Å²) in [4.78, 5) is 25.0. The molecular formula is C18H27ClN6O. The van der Waals surface area contributed by atoms with Crippen LogP contribution in [0.1, 0.15) is 25.7 Å². The minimum atomic E-state index is 0.140. The summed E-state index contributed by atoms with van der Waals surface area (Å²) < 4.78 is 0. The van der Waals surface area contributed by atoms with Crippen molar-refractivity contribution in [2.45, 2.75) is 31.7 Å². The topological polar surface area (TPSA) is 72.9 Å². The van der Waals surface area contributed by atoms with Gasteiger partial charge in [-0.05, 0) is 37.8 Å². The number of pyridine rings is 1. The number of aliphatic imine (C=N–C) groups is 1. The van der Waals surface area contributed by atoms with Crippen LogP contribution in [0.5, 0.6) is 0 Å². The van der Waals surface area contributed by atoms with Crippen molar-refractivity contribution in [3.05, 3.63) is 23.4 Å². The Morgan fingerprint density at radius 3 is 2.88 bits per heavy atom. The summed E-state index contributed by atoms with van der Waals surface area (Å²) in [5.41, 5.74) is 0. The first-order valence-electron chi connectivity index (χ1n) is 9.28. The molecule has 1 amide bonds. The Kier molecular flexibility index (Phi) is 6.55. The van der Waals surface area contributed by atoms with Gasteiger partial charge in [0.15, 0.2) is 5.96 Å². The molecule has 1 aromatic heterocycles. The lowest BCUT2D eigenvalue weighted by atomic mass is 10.1. The van der Waals surface area contributed by atoms with Gasteiger partial charge in [0, 0.05) is 45.5 Å². The number of nitrogens with one attached hydrogen (secondary N) is 2. The third-order valence-electron chi connectivity index (χ3n) is 4.91. The van der Waals surface area contributed by atoms with Crippen LogP contribution in [-0.4, -0.2) is 67.6 Å². The van der Waals surface area contributed by atoms with Gasteiger partial charge in [-0.3, -0.25) is 9.79 Å². The maximum Gasteiger partial charge on any atom is 0.241 e. The summed E-state index contributed by atoms with van der Waals surface area (Å²) in [5, 5.41) is 7.21. The Morgan fingerprint density at radius 2 is 2.15 bits per heavy atom. The van der Waals surface area contributed by atoms with E-state index >= 15 is 0 Å². The normalized spacial score (nSPS) is 21.0. The van der Waals surface area contributed by atoms with Crippen molar-refractivity contribution in [1.29, 1.82) is 0 Å². The molecule has 2 fully saturated rings. The number of rotatable bonds is 4. The minimum Gasteiger partial charge on any atom is -0.353 e. The molecule has 2 aliphatic heterocycles. The predicted molar refractivity (Wildman–Crippen MR) is 105 cm³/mol. The van der Waals surface area contributed by atoms with Crippen molar-refractivity contribution in [2.24, 2.45) is 4.99 Å². The molecule has 1 atom stereocenters. The van der Waals surface area contributed by atoms with Gasteiger partial charge in [0.25, 0.3) is 0 Å². The van der Waals surface area contributed by atoms with E-state index in [2.05, 4.69) is 25.5 Å². The molecule has 1 unspecified atom stereocenters. The fourth-order valence-electron chi connectivity index (χ4n) is 3.48. The third kappa shape index (κ3) is 4.78. The molecule has 0 saturated carbocycles. The van der Waals surface area contributed by atoms with Crippen molar-refractivity contribution in [3.63, 3.8) is 0 Å². The van der Waals surface area contributed by atoms with Gasteiger partial charge in [-0.2, -0.15) is 0 Å². The molecule has 0 radical (unpaired) electrons. The Morgan fingerprint density at radius 1 is 1.35 bits per heavy atom. The highest BCUT2D eigenvalue weighted by Gasteiger charge is 2.25. The summed E-state index contributed by atoms with van der Waals surface area (Å²) in [7, 11) is 1.73. The zero-order valence-corrected chi connectivity index (χ0v) is 16.0. The van der Waals surface area contributed by atoms with E-state index in [1.54, 1.807) is 13.2 Å². The molecular weight excluding hydrogens is 352 g/mol. The fraction of sp³-hybridized carbons (Fsp3) is 0.611. The molecule has 3 heterocycles. The van der Waals surface area contributed by atoms with E-state index in [1.807, 2.05) is 17.0 Å². The second-order valence-corrected chi connectivity index (χ2v) is 7.16. The standard InChI is InChI=1S/C18H27ClN6O/c1-20-18(22-12-16(26)24-9-3-2-4-10-24)23-14-7-11-25(13-14)17-15(19)6-5-8-21-17/h5-6,8,14H,2-4,7,9-13H2,1H3,(H2,20,22,23). The maximum absolute atomic E-state index is 12.3. The molecule has 0 aliphatic carbocycles. The minimum absolute atomic E-state index is 0.140. The van der Waals surface area contributed by atoms with Crippen molar-refractivity contribution in [3.8, 4) is 0 Å². The van der Waals surface area contributed by atoms with Crippen molar-refractivity contribution < 1.29 is 4.79 Å². The molecule has 3 rings (SSSR count). The second kappa shape index (κ2) is 9.07. The SMILES string of the molecule is CN=C(NCC(=O)N1CCCCC1)NC1CCN(c2ncccc2Cl)C1. The van der Waals surface area contributed by atoms with Crippen molar-refractivity contribution in [2.75, 3.05) is 44.7 Å². The summed E-state index contributed by atoms with van der Waals surface area (Å²) in [6.07, 6.45) is 6.15.